The molecule has 0 fully saturated rings. The molecule has 0 unspecified atom stereocenters. The number of halogens is 2. The lowest BCUT2D eigenvalue weighted by molar-refractivity contribution is 1.05. The first kappa shape index (κ1) is 13.9. The van der Waals surface area contributed by atoms with Gasteiger partial charge in [0.05, 0.1) is 0 Å². The molecule has 0 aliphatic carbocycles. The molecule has 0 spiro atoms. The molecule has 2 N–H and O–H groups in total. The lowest BCUT2D eigenvalue weighted by atomic mass is 10.2. The van der Waals surface area contributed by atoms with Crippen molar-refractivity contribution in [3.8, 4) is 0 Å². The largest absolute Gasteiger partial charge is 0.373 e. The zero-order chi connectivity index (χ0) is 13.8. The van der Waals surface area contributed by atoms with Crippen molar-refractivity contribution < 1.29 is 0 Å². The van der Waals surface area contributed by atoms with Crippen LogP contribution in [-0.2, 0) is 6.42 Å². The van der Waals surface area contributed by atoms with Crippen LogP contribution in [0.1, 0.15) is 12.5 Å². The van der Waals surface area contributed by atoms with E-state index in [1.807, 2.05) is 7.05 Å². The van der Waals surface area contributed by atoms with Crippen LogP contribution in [-0.4, -0.2) is 17.0 Å². The molecular formula is C13H14Cl2N4. The van der Waals surface area contributed by atoms with Crippen LogP contribution in [0.5, 0.6) is 0 Å². The Balaban J connectivity index is 2.37. The van der Waals surface area contributed by atoms with E-state index < -0.39 is 0 Å². The highest BCUT2D eigenvalue weighted by molar-refractivity contribution is 6.35. The second kappa shape index (κ2) is 6.08. The van der Waals surface area contributed by atoms with Gasteiger partial charge in [-0.2, -0.15) is 0 Å². The molecule has 0 atom stereocenters. The molecule has 0 radical (unpaired) electrons. The molecular weight excluding hydrogens is 283 g/mol. The van der Waals surface area contributed by atoms with Gasteiger partial charge in [0.25, 0.3) is 0 Å². The third kappa shape index (κ3) is 3.28. The van der Waals surface area contributed by atoms with Crippen molar-refractivity contribution in [1.82, 2.24) is 9.97 Å². The van der Waals surface area contributed by atoms with E-state index >= 15 is 0 Å². The summed E-state index contributed by atoms with van der Waals surface area (Å²) < 4.78 is 0. The molecule has 0 aliphatic rings. The van der Waals surface area contributed by atoms with E-state index in [0.29, 0.717) is 10.0 Å². The van der Waals surface area contributed by atoms with E-state index in [-0.39, 0.29) is 0 Å². The van der Waals surface area contributed by atoms with Crippen LogP contribution in [0.3, 0.4) is 0 Å². The summed E-state index contributed by atoms with van der Waals surface area (Å²) in [5.74, 6) is 1.56. The number of hydrogen-bond donors (Lipinski definition) is 2. The van der Waals surface area contributed by atoms with E-state index in [4.69, 9.17) is 23.2 Å². The van der Waals surface area contributed by atoms with E-state index in [1.54, 1.807) is 18.2 Å². The van der Waals surface area contributed by atoms with Crippen LogP contribution in [0.25, 0.3) is 0 Å². The number of nitrogens with one attached hydrogen (secondary N) is 2. The maximum atomic E-state index is 5.98. The zero-order valence-electron chi connectivity index (χ0n) is 10.7. The molecule has 2 aromatic rings. The summed E-state index contributed by atoms with van der Waals surface area (Å²) in [5, 5.41) is 7.43. The minimum atomic E-state index is 0.580. The quantitative estimate of drug-likeness (QED) is 0.891. The summed E-state index contributed by atoms with van der Waals surface area (Å²) >= 11 is 12.0. The van der Waals surface area contributed by atoms with Crippen molar-refractivity contribution in [2.24, 2.45) is 0 Å². The zero-order valence-corrected chi connectivity index (χ0v) is 12.2. The second-order valence-electron chi connectivity index (χ2n) is 3.94. The first-order valence-corrected chi connectivity index (χ1v) is 6.64. The first-order valence-electron chi connectivity index (χ1n) is 5.88. The normalized spacial score (nSPS) is 10.3. The molecule has 0 saturated heterocycles. The average Bonchev–Trinajstić information content (AvgIpc) is 2.37. The Kier molecular flexibility index (Phi) is 4.45. The number of anilines is 3. The van der Waals surface area contributed by atoms with E-state index in [2.05, 4.69) is 27.5 Å². The van der Waals surface area contributed by atoms with Gasteiger partial charge < -0.3 is 10.6 Å². The fraction of sp³-hybridized carbons (Fsp3) is 0.231. The number of aromatic nitrogens is 2. The number of benzene rings is 1. The van der Waals surface area contributed by atoms with Gasteiger partial charge in [0.1, 0.15) is 18.0 Å². The van der Waals surface area contributed by atoms with Gasteiger partial charge in [0.2, 0.25) is 0 Å². The molecule has 0 bridgehead atoms. The lowest BCUT2D eigenvalue weighted by Gasteiger charge is -2.13. The molecule has 1 aromatic heterocycles. The summed E-state index contributed by atoms with van der Waals surface area (Å²) in [4.78, 5) is 8.46. The van der Waals surface area contributed by atoms with Gasteiger partial charge in [-0.3, -0.25) is 0 Å². The Labute approximate surface area is 122 Å². The van der Waals surface area contributed by atoms with Crippen molar-refractivity contribution >= 4 is 40.5 Å². The highest BCUT2D eigenvalue weighted by Crippen LogP contribution is 2.27. The van der Waals surface area contributed by atoms with Crippen LogP contribution >= 0.6 is 23.2 Å². The Morgan fingerprint density at radius 3 is 2.26 bits per heavy atom. The highest BCUT2D eigenvalue weighted by Gasteiger charge is 2.09. The Morgan fingerprint density at radius 1 is 1.05 bits per heavy atom. The Hall–Kier alpha value is -1.52. The van der Waals surface area contributed by atoms with Gasteiger partial charge >= 0.3 is 0 Å². The Bertz CT molecular complexity index is 567. The predicted octanol–water partition coefficient (Wildman–Crippen LogP) is 4.13. The second-order valence-corrected chi connectivity index (χ2v) is 4.81. The first-order chi connectivity index (χ1) is 9.13. The van der Waals surface area contributed by atoms with Gasteiger partial charge in [0.15, 0.2) is 0 Å². The van der Waals surface area contributed by atoms with Gasteiger partial charge in [-0.15, -0.1) is 0 Å². The molecule has 6 heteroatoms. The van der Waals surface area contributed by atoms with Gasteiger partial charge in [0, 0.05) is 28.3 Å². The van der Waals surface area contributed by atoms with Crippen LogP contribution in [0.2, 0.25) is 10.0 Å². The maximum Gasteiger partial charge on any atom is 0.139 e. The molecule has 100 valence electrons. The topological polar surface area (TPSA) is 49.8 Å². The summed E-state index contributed by atoms with van der Waals surface area (Å²) in [5.41, 5.74) is 1.81. The third-order valence-corrected chi connectivity index (χ3v) is 3.10. The fourth-order valence-corrected chi connectivity index (χ4v) is 2.36. The highest BCUT2D eigenvalue weighted by atomic mass is 35.5. The fourth-order valence-electron chi connectivity index (χ4n) is 1.83. The molecule has 0 amide bonds. The smallest absolute Gasteiger partial charge is 0.139 e. The van der Waals surface area contributed by atoms with Gasteiger partial charge in [-0.1, -0.05) is 30.1 Å². The SMILES string of the molecule is CCc1c(NC)ncnc1Nc1cc(Cl)cc(Cl)c1. The van der Waals surface area contributed by atoms with Gasteiger partial charge in [-0.05, 0) is 24.6 Å². The van der Waals surface area contributed by atoms with E-state index in [0.717, 1.165) is 29.3 Å². The van der Waals surface area contributed by atoms with Crippen molar-refractivity contribution in [2.45, 2.75) is 13.3 Å². The minimum absolute atomic E-state index is 0.580. The Morgan fingerprint density at radius 2 is 1.68 bits per heavy atom. The molecule has 1 heterocycles. The van der Waals surface area contributed by atoms with Crippen molar-refractivity contribution in [1.29, 1.82) is 0 Å². The summed E-state index contributed by atoms with van der Waals surface area (Å²) in [7, 11) is 1.83. The van der Waals surface area contributed by atoms with Gasteiger partial charge in [-0.25, -0.2) is 9.97 Å². The van der Waals surface area contributed by atoms with Crippen molar-refractivity contribution in [3.05, 3.63) is 40.1 Å². The van der Waals surface area contributed by atoms with Crippen LogP contribution in [0.15, 0.2) is 24.5 Å². The monoisotopic (exact) mass is 296 g/mol. The van der Waals surface area contributed by atoms with Crippen molar-refractivity contribution in [3.63, 3.8) is 0 Å². The van der Waals surface area contributed by atoms with Crippen LogP contribution in [0.4, 0.5) is 17.3 Å². The van der Waals surface area contributed by atoms with E-state index in [9.17, 15) is 0 Å². The maximum absolute atomic E-state index is 5.98. The lowest BCUT2D eigenvalue weighted by Crippen LogP contribution is -2.04. The van der Waals surface area contributed by atoms with Crippen LogP contribution in [0, 0.1) is 0 Å². The summed E-state index contributed by atoms with van der Waals surface area (Å²) in [6.07, 6.45) is 2.33. The standard InChI is InChI=1S/C13H14Cl2N4/c1-3-11-12(16-2)17-7-18-13(11)19-10-5-8(14)4-9(15)6-10/h4-7H,3H2,1-2H3,(H2,16,17,18,19). The van der Waals surface area contributed by atoms with Crippen molar-refractivity contribution in [2.75, 3.05) is 17.7 Å². The molecule has 4 nitrogen and oxygen atoms in total. The minimum Gasteiger partial charge on any atom is -0.373 e. The third-order valence-electron chi connectivity index (χ3n) is 2.66. The average molecular weight is 297 g/mol. The summed E-state index contributed by atoms with van der Waals surface area (Å²) in [6, 6.07) is 5.29. The molecule has 19 heavy (non-hydrogen) atoms. The number of hydrogen-bond acceptors (Lipinski definition) is 4. The number of nitrogens with zero attached hydrogens (tertiary/aromatic N) is 2. The number of rotatable bonds is 4. The molecule has 2 rings (SSSR count). The molecule has 1 aromatic carbocycles. The summed E-state index contributed by atoms with van der Waals surface area (Å²) in [6.45, 7) is 2.05. The van der Waals surface area contributed by atoms with E-state index in [1.165, 1.54) is 6.33 Å². The van der Waals surface area contributed by atoms with Crippen LogP contribution < -0.4 is 10.6 Å². The molecule has 0 saturated carbocycles. The molecule has 0 aliphatic heterocycles. The predicted molar refractivity (Wildman–Crippen MR) is 80.7 cm³/mol.